The van der Waals surface area contributed by atoms with E-state index in [-0.39, 0.29) is 0 Å². The fourth-order valence-corrected chi connectivity index (χ4v) is 1.22. The summed E-state index contributed by atoms with van der Waals surface area (Å²) in [6.07, 6.45) is 3.57. The van der Waals surface area contributed by atoms with Gasteiger partial charge in [0.2, 0.25) is 0 Å². The molecule has 0 radical (unpaired) electrons. The van der Waals surface area contributed by atoms with E-state index >= 15 is 0 Å². The molecule has 18 heavy (non-hydrogen) atoms. The van der Waals surface area contributed by atoms with E-state index in [0.717, 1.165) is 0 Å². The molecule has 0 aliphatic carbocycles. The Morgan fingerprint density at radius 2 is 1.61 bits per heavy atom. The van der Waals surface area contributed by atoms with Crippen LogP contribution in [0.25, 0.3) is 0 Å². The molecule has 0 saturated heterocycles. The van der Waals surface area contributed by atoms with Gasteiger partial charge < -0.3 is 10.0 Å². The third-order valence-electron chi connectivity index (χ3n) is 2.20. The lowest BCUT2D eigenvalue weighted by Crippen LogP contribution is -2.07. The van der Waals surface area contributed by atoms with Gasteiger partial charge in [-0.1, -0.05) is 18.2 Å². The van der Waals surface area contributed by atoms with Crippen LogP contribution in [0.2, 0.25) is 0 Å². The number of benzene rings is 1. The highest BCUT2D eigenvalue weighted by atomic mass is 16.4. The molecule has 0 unspecified atom stereocenters. The Balaban J connectivity index is 0.000000180. The van der Waals surface area contributed by atoms with Crippen molar-refractivity contribution in [2.45, 2.75) is 0 Å². The average molecular weight is 244 g/mol. The molecule has 1 aromatic heterocycles. The number of aromatic nitrogens is 1. The normalized spacial score (nSPS) is 9.00. The van der Waals surface area contributed by atoms with E-state index in [9.17, 15) is 4.79 Å². The van der Waals surface area contributed by atoms with Gasteiger partial charge in [-0.2, -0.15) is 0 Å². The smallest absolute Gasteiger partial charge is 0.335 e. The third-order valence-corrected chi connectivity index (χ3v) is 2.20. The van der Waals surface area contributed by atoms with Crippen molar-refractivity contribution in [1.82, 2.24) is 4.98 Å². The standard InChI is InChI=1S/C7H10N2.C7H6O2/c1-9(2)7-3-5-8-6-4-7;8-7(9)6-4-2-1-3-5-6/h3-6H,1-2H3;1-5H,(H,8,9). The van der Waals surface area contributed by atoms with Crippen LogP contribution in [0.1, 0.15) is 10.4 Å². The predicted octanol–water partition coefficient (Wildman–Crippen LogP) is 2.53. The molecular weight excluding hydrogens is 228 g/mol. The quantitative estimate of drug-likeness (QED) is 0.882. The third kappa shape index (κ3) is 4.65. The van der Waals surface area contributed by atoms with Crippen LogP contribution >= 0.6 is 0 Å². The van der Waals surface area contributed by atoms with Crippen LogP contribution in [-0.2, 0) is 0 Å². The molecule has 0 amide bonds. The van der Waals surface area contributed by atoms with Gasteiger partial charge in [0.15, 0.2) is 0 Å². The molecule has 1 heterocycles. The highest BCUT2D eigenvalue weighted by Crippen LogP contribution is 2.05. The topological polar surface area (TPSA) is 53.4 Å². The first kappa shape index (κ1) is 13.7. The second-order valence-corrected chi connectivity index (χ2v) is 3.77. The highest BCUT2D eigenvalue weighted by molar-refractivity contribution is 5.87. The van der Waals surface area contributed by atoms with Crippen molar-refractivity contribution in [3.8, 4) is 0 Å². The number of aromatic carboxylic acids is 1. The number of rotatable bonds is 2. The Morgan fingerprint density at radius 3 is 1.94 bits per heavy atom. The maximum atomic E-state index is 10.2. The summed E-state index contributed by atoms with van der Waals surface area (Å²) in [7, 11) is 4.02. The summed E-state index contributed by atoms with van der Waals surface area (Å²) >= 11 is 0. The van der Waals surface area contributed by atoms with E-state index in [1.807, 2.05) is 31.1 Å². The van der Waals surface area contributed by atoms with Gasteiger partial charge in [-0.3, -0.25) is 4.98 Å². The van der Waals surface area contributed by atoms with Gasteiger partial charge in [-0.15, -0.1) is 0 Å². The Morgan fingerprint density at radius 1 is 1.06 bits per heavy atom. The molecule has 0 aliphatic rings. The van der Waals surface area contributed by atoms with Gasteiger partial charge in [0.1, 0.15) is 0 Å². The lowest BCUT2D eigenvalue weighted by molar-refractivity contribution is 0.0697. The van der Waals surface area contributed by atoms with Crippen LogP contribution in [-0.4, -0.2) is 30.2 Å². The van der Waals surface area contributed by atoms with Crippen molar-refractivity contribution < 1.29 is 9.90 Å². The summed E-state index contributed by atoms with van der Waals surface area (Å²) < 4.78 is 0. The van der Waals surface area contributed by atoms with Crippen LogP contribution in [0.15, 0.2) is 54.9 Å². The minimum absolute atomic E-state index is 0.331. The Kier molecular flexibility index (Phi) is 5.38. The number of anilines is 1. The average Bonchev–Trinajstić information content (AvgIpc) is 2.41. The Bertz CT molecular complexity index is 470. The van der Waals surface area contributed by atoms with Crippen molar-refractivity contribution in [2.24, 2.45) is 0 Å². The maximum Gasteiger partial charge on any atom is 0.335 e. The maximum absolute atomic E-state index is 10.2. The fraction of sp³-hybridized carbons (Fsp3) is 0.143. The lowest BCUT2D eigenvalue weighted by Gasteiger charge is -2.10. The van der Waals surface area contributed by atoms with E-state index in [1.165, 1.54) is 5.69 Å². The van der Waals surface area contributed by atoms with Crippen molar-refractivity contribution in [2.75, 3.05) is 19.0 Å². The zero-order valence-electron chi connectivity index (χ0n) is 10.4. The Labute approximate surface area is 107 Å². The van der Waals surface area contributed by atoms with Crippen molar-refractivity contribution in [3.63, 3.8) is 0 Å². The van der Waals surface area contributed by atoms with E-state index in [0.29, 0.717) is 5.56 Å². The molecule has 0 bridgehead atoms. The van der Waals surface area contributed by atoms with Gasteiger partial charge in [0, 0.05) is 32.2 Å². The summed E-state index contributed by atoms with van der Waals surface area (Å²) in [5, 5.41) is 8.38. The monoisotopic (exact) mass is 244 g/mol. The predicted molar refractivity (Wildman–Crippen MR) is 72.0 cm³/mol. The molecule has 2 rings (SSSR count). The number of hydrogen-bond acceptors (Lipinski definition) is 3. The molecule has 2 aromatic rings. The van der Waals surface area contributed by atoms with Crippen molar-refractivity contribution in [1.29, 1.82) is 0 Å². The number of carboxylic acid groups (broad SMARTS) is 1. The molecule has 0 saturated carbocycles. The number of pyridine rings is 1. The summed E-state index contributed by atoms with van der Waals surface area (Å²) in [4.78, 5) is 16.1. The SMILES string of the molecule is CN(C)c1ccncc1.O=C(O)c1ccccc1. The number of nitrogens with zero attached hydrogens (tertiary/aromatic N) is 2. The van der Waals surface area contributed by atoms with Gasteiger partial charge >= 0.3 is 5.97 Å². The zero-order chi connectivity index (χ0) is 13.4. The van der Waals surface area contributed by atoms with Crippen LogP contribution in [0.4, 0.5) is 5.69 Å². The fourth-order valence-electron chi connectivity index (χ4n) is 1.22. The number of hydrogen-bond donors (Lipinski definition) is 1. The highest BCUT2D eigenvalue weighted by Gasteiger charge is 1.96. The molecule has 0 spiro atoms. The minimum Gasteiger partial charge on any atom is -0.478 e. The van der Waals surface area contributed by atoms with Crippen molar-refractivity contribution >= 4 is 11.7 Å². The summed E-state index contributed by atoms with van der Waals surface area (Å²) in [6, 6.07) is 12.2. The molecule has 0 atom stereocenters. The zero-order valence-corrected chi connectivity index (χ0v) is 10.4. The van der Waals surface area contributed by atoms with Crippen LogP contribution in [0.3, 0.4) is 0 Å². The largest absolute Gasteiger partial charge is 0.478 e. The van der Waals surface area contributed by atoms with Gasteiger partial charge in [-0.05, 0) is 24.3 Å². The first-order valence-corrected chi connectivity index (χ1v) is 5.47. The molecule has 1 aromatic carbocycles. The van der Waals surface area contributed by atoms with Crippen molar-refractivity contribution in [3.05, 3.63) is 60.4 Å². The van der Waals surface area contributed by atoms with Gasteiger partial charge in [0.05, 0.1) is 5.56 Å². The van der Waals surface area contributed by atoms with E-state index in [4.69, 9.17) is 5.11 Å². The first-order chi connectivity index (χ1) is 8.61. The number of carboxylic acids is 1. The molecule has 4 heteroatoms. The summed E-state index contributed by atoms with van der Waals surface area (Å²) in [5.41, 5.74) is 1.52. The molecular formula is C14H16N2O2. The lowest BCUT2D eigenvalue weighted by atomic mass is 10.2. The van der Waals surface area contributed by atoms with Crippen LogP contribution in [0, 0.1) is 0 Å². The summed E-state index contributed by atoms with van der Waals surface area (Å²) in [6.45, 7) is 0. The van der Waals surface area contributed by atoms with Gasteiger partial charge in [-0.25, -0.2) is 4.79 Å². The molecule has 0 fully saturated rings. The first-order valence-electron chi connectivity index (χ1n) is 5.47. The molecule has 94 valence electrons. The van der Waals surface area contributed by atoms with Crippen LogP contribution < -0.4 is 4.90 Å². The second-order valence-electron chi connectivity index (χ2n) is 3.77. The number of carbonyl (C=O) groups is 1. The second kappa shape index (κ2) is 7.06. The van der Waals surface area contributed by atoms with Crippen LogP contribution in [0.5, 0.6) is 0 Å². The van der Waals surface area contributed by atoms with E-state index in [1.54, 1.807) is 42.7 Å². The van der Waals surface area contributed by atoms with Gasteiger partial charge in [0.25, 0.3) is 0 Å². The summed E-state index contributed by atoms with van der Waals surface area (Å²) in [5.74, 6) is -0.879. The molecule has 4 nitrogen and oxygen atoms in total. The molecule has 0 aliphatic heterocycles. The van der Waals surface area contributed by atoms with E-state index < -0.39 is 5.97 Å². The minimum atomic E-state index is -0.879. The van der Waals surface area contributed by atoms with E-state index in [2.05, 4.69) is 4.98 Å². The Hall–Kier alpha value is -2.36. The molecule has 1 N–H and O–H groups in total.